The van der Waals surface area contributed by atoms with Crippen LogP contribution in [0.3, 0.4) is 0 Å². The zero-order valence-corrected chi connectivity index (χ0v) is 10.3. The Hall–Kier alpha value is -1.43. The van der Waals surface area contributed by atoms with Gasteiger partial charge in [-0.1, -0.05) is 13.3 Å². The fourth-order valence-corrected chi connectivity index (χ4v) is 1.56. The normalized spacial score (nSPS) is 14.3. The van der Waals surface area contributed by atoms with Gasteiger partial charge in [-0.3, -0.25) is 4.79 Å². The molecule has 0 spiro atoms. The van der Waals surface area contributed by atoms with E-state index < -0.39 is 0 Å². The Kier molecular flexibility index (Phi) is 5.62. The van der Waals surface area contributed by atoms with Gasteiger partial charge >= 0.3 is 0 Å². The number of hydrogen-bond acceptors (Lipinski definition) is 4. The summed E-state index contributed by atoms with van der Waals surface area (Å²) in [5, 5.41) is 15.7. The van der Waals surface area contributed by atoms with E-state index in [1.807, 2.05) is 6.92 Å². The molecule has 1 amide bonds. The molecule has 2 atom stereocenters. The molecular formula is C11H20N4O2. The summed E-state index contributed by atoms with van der Waals surface area (Å²) in [6.45, 7) is 4.58. The molecule has 1 aromatic rings. The molecule has 0 saturated heterocycles. The molecule has 0 aliphatic rings. The van der Waals surface area contributed by atoms with E-state index in [-0.39, 0.29) is 18.6 Å². The number of aliphatic hydroxyl groups is 1. The molecule has 0 aliphatic carbocycles. The van der Waals surface area contributed by atoms with Crippen molar-refractivity contribution in [2.75, 3.05) is 13.2 Å². The minimum Gasteiger partial charge on any atom is -0.396 e. The van der Waals surface area contributed by atoms with Crippen LogP contribution in [0, 0.1) is 5.92 Å². The second-order valence-corrected chi connectivity index (χ2v) is 4.08. The van der Waals surface area contributed by atoms with Crippen molar-refractivity contribution in [1.82, 2.24) is 20.1 Å². The number of aliphatic hydroxyl groups excluding tert-OH is 1. The lowest BCUT2D eigenvalue weighted by molar-refractivity contribution is -0.124. The van der Waals surface area contributed by atoms with Gasteiger partial charge in [-0.2, -0.15) is 5.10 Å². The summed E-state index contributed by atoms with van der Waals surface area (Å²) in [6.07, 6.45) is 4.59. The molecule has 2 N–H and O–H groups in total. The number of hydrogen-bond donors (Lipinski definition) is 2. The lowest BCUT2D eigenvalue weighted by atomic mass is 10.0. The third-order valence-corrected chi connectivity index (χ3v) is 2.89. The highest BCUT2D eigenvalue weighted by molar-refractivity contribution is 5.79. The largest absolute Gasteiger partial charge is 0.396 e. The fourth-order valence-electron chi connectivity index (χ4n) is 1.56. The Balaban J connectivity index is 2.38. The third kappa shape index (κ3) is 4.14. The topological polar surface area (TPSA) is 80.0 Å². The summed E-state index contributed by atoms with van der Waals surface area (Å²) >= 11 is 0. The third-order valence-electron chi connectivity index (χ3n) is 2.89. The van der Waals surface area contributed by atoms with Crippen molar-refractivity contribution in [3.05, 3.63) is 12.7 Å². The summed E-state index contributed by atoms with van der Waals surface area (Å²) in [5.41, 5.74) is 0. The van der Waals surface area contributed by atoms with E-state index in [0.29, 0.717) is 18.9 Å². The second kappa shape index (κ2) is 7.01. The molecule has 17 heavy (non-hydrogen) atoms. The zero-order chi connectivity index (χ0) is 12.7. The number of carbonyl (C=O) groups excluding carboxylic acids is 1. The first kappa shape index (κ1) is 13.6. The zero-order valence-electron chi connectivity index (χ0n) is 10.3. The maximum absolute atomic E-state index is 11.8. The van der Waals surface area contributed by atoms with Gasteiger partial charge in [0.2, 0.25) is 5.91 Å². The molecule has 0 aromatic carbocycles. The van der Waals surface area contributed by atoms with Gasteiger partial charge < -0.3 is 10.4 Å². The second-order valence-electron chi connectivity index (χ2n) is 4.08. The predicted octanol–water partition coefficient (Wildman–Crippen LogP) is 0.364. The molecule has 0 fully saturated rings. The van der Waals surface area contributed by atoms with E-state index in [0.717, 1.165) is 6.42 Å². The number of rotatable bonds is 7. The van der Waals surface area contributed by atoms with Crippen LogP contribution in [0.2, 0.25) is 0 Å². The van der Waals surface area contributed by atoms with Crippen LogP contribution in [-0.4, -0.2) is 38.9 Å². The van der Waals surface area contributed by atoms with Crippen molar-refractivity contribution in [3.8, 4) is 0 Å². The molecule has 0 radical (unpaired) electrons. The molecule has 0 aliphatic heterocycles. The van der Waals surface area contributed by atoms with E-state index in [9.17, 15) is 4.79 Å². The Morgan fingerprint density at radius 2 is 2.35 bits per heavy atom. The maximum atomic E-state index is 11.8. The van der Waals surface area contributed by atoms with E-state index in [1.165, 1.54) is 17.3 Å². The van der Waals surface area contributed by atoms with Crippen LogP contribution in [-0.2, 0) is 4.79 Å². The number of nitrogens with zero attached hydrogens (tertiary/aromatic N) is 3. The van der Waals surface area contributed by atoms with Crippen LogP contribution in [0.15, 0.2) is 12.7 Å². The fraction of sp³-hybridized carbons (Fsp3) is 0.727. The Labute approximate surface area is 101 Å². The average molecular weight is 240 g/mol. The minimum absolute atomic E-state index is 0.0770. The van der Waals surface area contributed by atoms with Crippen molar-refractivity contribution in [3.63, 3.8) is 0 Å². The van der Waals surface area contributed by atoms with Gasteiger partial charge in [0.25, 0.3) is 0 Å². The van der Waals surface area contributed by atoms with Gasteiger partial charge in [-0.05, 0) is 19.3 Å². The van der Waals surface area contributed by atoms with Gasteiger partial charge in [0.15, 0.2) is 0 Å². The van der Waals surface area contributed by atoms with Crippen molar-refractivity contribution >= 4 is 5.91 Å². The number of amides is 1. The molecule has 1 heterocycles. The van der Waals surface area contributed by atoms with Crippen LogP contribution in [0.1, 0.15) is 32.7 Å². The summed E-state index contributed by atoms with van der Waals surface area (Å²) < 4.78 is 1.52. The van der Waals surface area contributed by atoms with Gasteiger partial charge in [0, 0.05) is 13.2 Å². The SMILES string of the molecule is CCC(CCO)CNC(=O)C(C)n1cncn1. The molecule has 0 bridgehead atoms. The van der Waals surface area contributed by atoms with E-state index in [1.54, 1.807) is 6.92 Å². The molecule has 1 rings (SSSR count). The molecule has 1 aromatic heterocycles. The van der Waals surface area contributed by atoms with E-state index in [4.69, 9.17) is 5.11 Å². The highest BCUT2D eigenvalue weighted by Gasteiger charge is 2.16. The summed E-state index contributed by atoms with van der Waals surface area (Å²) in [6, 6.07) is -0.357. The van der Waals surface area contributed by atoms with Crippen molar-refractivity contribution in [2.45, 2.75) is 32.7 Å². The van der Waals surface area contributed by atoms with Crippen molar-refractivity contribution in [1.29, 1.82) is 0 Å². The first-order chi connectivity index (χ1) is 8.19. The van der Waals surface area contributed by atoms with E-state index >= 15 is 0 Å². The number of nitrogens with one attached hydrogen (secondary N) is 1. The summed E-state index contributed by atoms with van der Waals surface area (Å²) in [4.78, 5) is 15.6. The van der Waals surface area contributed by atoms with Crippen LogP contribution in [0.4, 0.5) is 0 Å². The molecular weight excluding hydrogens is 220 g/mol. The monoisotopic (exact) mass is 240 g/mol. The van der Waals surface area contributed by atoms with Gasteiger partial charge in [0.05, 0.1) is 0 Å². The van der Waals surface area contributed by atoms with Crippen LogP contribution >= 0.6 is 0 Å². The van der Waals surface area contributed by atoms with Gasteiger partial charge in [-0.15, -0.1) is 0 Å². The van der Waals surface area contributed by atoms with Crippen LogP contribution < -0.4 is 5.32 Å². The maximum Gasteiger partial charge on any atom is 0.244 e. The Morgan fingerprint density at radius 3 is 2.88 bits per heavy atom. The molecule has 6 nitrogen and oxygen atoms in total. The predicted molar refractivity (Wildman–Crippen MR) is 63.2 cm³/mol. The number of carbonyl (C=O) groups is 1. The van der Waals surface area contributed by atoms with Crippen LogP contribution in [0.25, 0.3) is 0 Å². The summed E-state index contributed by atoms with van der Waals surface area (Å²) in [7, 11) is 0. The van der Waals surface area contributed by atoms with Gasteiger partial charge in [0.1, 0.15) is 18.7 Å². The Bertz CT molecular complexity index is 326. The quantitative estimate of drug-likeness (QED) is 0.721. The molecule has 96 valence electrons. The van der Waals surface area contributed by atoms with Crippen molar-refractivity contribution < 1.29 is 9.90 Å². The lowest BCUT2D eigenvalue weighted by Gasteiger charge is -2.17. The van der Waals surface area contributed by atoms with Crippen molar-refractivity contribution in [2.24, 2.45) is 5.92 Å². The highest BCUT2D eigenvalue weighted by Crippen LogP contribution is 2.07. The molecule has 2 unspecified atom stereocenters. The van der Waals surface area contributed by atoms with E-state index in [2.05, 4.69) is 15.4 Å². The summed E-state index contributed by atoms with van der Waals surface area (Å²) in [5.74, 6) is 0.249. The smallest absolute Gasteiger partial charge is 0.244 e. The first-order valence-corrected chi connectivity index (χ1v) is 5.91. The Morgan fingerprint density at radius 1 is 1.59 bits per heavy atom. The standard InChI is InChI=1S/C11H20N4O2/c1-3-10(4-5-16)6-13-11(17)9(2)15-8-12-7-14-15/h7-10,16H,3-6H2,1-2H3,(H,13,17). The first-order valence-electron chi connectivity index (χ1n) is 5.91. The average Bonchev–Trinajstić information content (AvgIpc) is 2.86. The molecule has 0 saturated carbocycles. The van der Waals surface area contributed by atoms with Gasteiger partial charge in [-0.25, -0.2) is 9.67 Å². The highest BCUT2D eigenvalue weighted by atomic mass is 16.3. The lowest BCUT2D eigenvalue weighted by Crippen LogP contribution is -2.34. The number of aromatic nitrogens is 3. The molecule has 6 heteroatoms. The van der Waals surface area contributed by atoms with Crippen LogP contribution in [0.5, 0.6) is 0 Å². The minimum atomic E-state index is -0.357.